The van der Waals surface area contributed by atoms with Crippen LogP contribution in [-0.2, 0) is 0 Å². The molecule has 6 heteroatoms. The first kappa shape index (κ1) is 17.8. The van der Waals surface area contributed by atoms with Gasteiger partial charge in [0.2, 0.25) is 0 Å². The van der Waals surface area contributed by atoms with Crippen molar-refractivity contribution in [3.8, 4) is 11.5 Å². The maximum Gasteiger partial charge on any atom is 0.163 e. The topological polar surface area (TPSA) is 50.4 Å². The quantitative estimate of drug-likeness (QED) is 0.674. The number of aromatic amines is 1. The number of nitrogens with one attached hydrogen (secondary N) is 1. The Morgan fingerprint density at radius 3 is 2.80 bits per heavy atom. The number of halogens is 1. The van der Waals surface area contributed by atoms with Crippen LogP contribution in [0.5, 0.6) is 11.5 Å². The van der Waals surface area contributed by atoms with Crippen LogP contribution in [0.4, 0.5) is 0 Å². The van der Waals surface area contributed by atoms with E-state index < -0.39 is 0 Å². The molecular weight excluding hydrogens is 338 g/mol. The van der Waals surface area contributed by atoms with Crippen molar-refractivity contribution in [3.63, 3.8) is 0 Å². The van der Waals surface area contributed by atoms with Crippen molar-refractivity contribution in [2.45, 2.75) is 19.3 Å². The van der Waals surface area contributed by atoms with Crippen LogP contribution < -0.4 is 9.47 Å². The first-order chi connectivity index (χ1) is 11.8. The lowest BCUT2D eigenvalue weighted by molar-refractivity contribution is 0.254. The molecular formula is C19H24ClN3O2. The van der Waals surface area contributed by atoms with Gasteiger partial charge in [-0.15, -0.1) is 12.4 Å². The minimum atomic E-state index is 0. The molecule has 2 aromatic heterocycles. The zero-order chi connectivity index (χ0) is 16.4. The second kappa shape index (κ2) is 7.93. The Balaban J connectivity index is 0.00000182. The summed E-state index contributed by atoms with van der Waals surface area (Å²) >= 11 is 0. The number of benzene rings is 1. The molecule has 5 nitrogen and oxygen atoms in total. The van der Waals surface area contributed by atoms with Gasteiger partial charge in [-0.2, -0.15) is 0 Å². The van der Waals surface area contributed by atoms with Crippen LogP contribution >= 0.6 is 12.4 Å². The summed E-state index contributed by atoms with van der Waals surface area (Å²) in [5, 5.41) is 1.06. The minimum absolute atomic E-state index is 0. The normalized spacial score (nSPS) is 14.8. The van der Waals surface area contributed by atoms with Gasteiger partial charge in [-0.05, 0) is 50.6 Å². The Labute approximate surface area is 153 Å². The van der Waals surface area contributed by atoms with Crippen molar-refractivity contribution in [2.75, 3.05) is 33.4 Å². The zero-order valence-electron chi connectivity index (χ0n) is 14.5. The maximum atomic E-state index is 6.00. The third-order valence-electron chi connectivity index (χ3n) is 4.71. The van der Waals surface area contributed by atoms with Crippen LogP contribution in [0.3, 0.4) is 0 Å². The average molecular weight is 362 g/mol. The molecule has 0 radical (unpaired) electrons. The molecule has 3 aromatic rings. The van der Waals surface area contributed by atoms with Gasteiger partial charge in [-0.1, -0.05) is 0 Å². The summed E-state index contributed by atoms with van der Waals surface area (Å²) in [6.45, 7) is 4.28. The van der Waals surface area contributed by atoms with E-state index in [2.05, 4.69) is 14.9 Å². The summed E-state index contributed by atoms with van der Waals surface area (Å²) in [5.41, 5.74) is 3.02. The van der Waals surface area contributed by atoms with Gasteiger partial charge in [0.15, 0.2) is 11.5 Å². The van der Waals surface area contributed by atoms with E-state index in [-0.39, 0.29) is 12.4 Å². The van der Waals surface area contributed by atoms with Crippen molar-refractivity contribution in [3.05, 3.63) is 30.5 Å². The van der Waals surface area contributed by atoms with E-state index in [0.29, 0.717) is 6.61 Å². The van der Waals surface area contributed by atoms with Crippen molar-refractivity contribution in [2.24, 2.45) is 0 Å². The van der Waals surface area contributed by atoms with Crippen LogP contribution in [0.25, 0.3) is 21.9 Å². The smallest absolute Gasteiger partial charge is 0.163 e. The standard InChI is InChI=1S/C19H23N3O2.ClH/c1-23-17-12-14-16(21-15-6-4-7-20-19(14)15)13-18(17)24-11-5-10-22-8-2-3-9-22;/h4,6-7,12-13,21H,2-3,5,8-11H2,1H3;1H. The highest BCUT2D eigenvalue weighted by Crippen LogP contribution is 2.35. The number of aromatic nitrogens is 2. The van der Waals surface area contributed by atoms with E-state index in [1.807, 2.05) is 30.5 Å². The van der Waals surface area contributed by atoms with Gasteiger partial charge in [-0.3, -0.25) is 4.98 Å². The summed E-state index contributed by atoms with van der Waals surface area (Å²) < 4.78 is 11.5. The molecule has 4 rings (SSSR count). The van der Waals surface area contributed by atoms with Crippen LogP contribution in [0.15, 0.2) is 30.5 Å². The molecule has 1 saturated heterocycles. The van der Waals surface area contributed by atoms with Crippen LogP contribution in [0, 0.1) is 0 Å². The second-order valence-electron chi connectivity index (χ2n) is 6.32. The number of methoxy groups -OCH3 is 1. The summed E-state index contributed by atoms with van der Waals surface area (Å²) in [4.78, 5) is 10.4. The molecule has 1 aliphatic heterocycles. The van der Waals surface area contributed by atoms with Gasteiger partial charge in [0, 0.05) is 24.2 Å². The number of ether oxygens (including phenoxy) is 2. The fourth-order valence-corrected chi connectivity index (χ4v) is 3.47. The van der Waals surface area contributed by atoms with E-state index in [0.717, 1.165) is 46.4 Å². The molecule has 0 unspecified atom stereocenters. The van der Waals surface area contributed by atoms with Gasteiger partial charge >= 0.3 is 0 Å². The van der Waals surface area contributed by atoms with Gasteiger partial charge in [0.25, 0.3) is 0 Å². The summed E-state index contributed by atoms with van der Waals surface area (Å²) in [6.07, 6.45) is 5.51. The molecule has 0 atom stereocenters. The number of likely N-dealkylation sites (tertiary alicyclic amines) is 1. The first-order valence-electron chi connectivity index (χ1n) is 8.65. The monoisotopic (exact) mass is 361 g/mol. The Kier molecular flexibility index (Phi) is 5.66. The van der Waals surface area contributed by atoms with E-state index in [1.165, 1.54) is 25.9 Å². The molecule has 3 heterocycles. The van der Waals surface area contributed by atoms with E-state index in [1.54, 1.807) is 7.11 Å². The fourth-order valence-electron chi connectivity index (χ4n) is 3.47. The summed E-state index contributed by atoms with van der Waals surface area (Å²) in [6, 6.07) is 8.00. The highest BCUT2D eigenvalue weighted by atomic mass is 35.5. The van der Waals surface area contributed by atoms with E-state index in [9.17, 15) is 0 Å². The summed E-state index contributed by atoms with van der Waals surface area (Å²) in [7, 11) is 1.68. The largest absolute Gasteiger partial charge is 0.493 e. The number of pyridine rings is 1. The van der Waals surface area contributed by atoms with Crippen LogP contribution in [0.1, 0.15) is 19.3 Å². The third kappa shape index (κ3) is 3.67. The highest BCUT2D eigenvalue weighted by Gasteiger charge is 2.13. The van der Waals surface area contributed by atoms with Gasteiger partial charge in [0.05, 0.1) is 30.3 Å². The number of H-pyrrole nitrogens is 1. The van der Waals surface area contributed by atoms with E-state index >= 15 is 0 Å². The van der Waals surface area contributed by atoms with Crippen molar-refractivity contribution >= 4 is 34.3 Å². The number of fused-ring (bicyclic) bond motifs is 3. The van der Waals surface area contributed by atoms with E-state index in [4.69, 9.17) is 9.47 Å². The number of rotatable bonds is 6. The maximum absolute atomic E-state index is 6.00. The lowest BCUT2D eigenvalue weighted by Crippen LogP contribution is -2.21. The first-order valence-corrected chi connectivity index (χ1v) is 8.65. The molecule has 134 valence electrons. The SMILES string of the molecule is COc1cc2c(cc1OCCCN1CCCC1)[nH]c1cccnc12.Cl. The van der Waals surface area contributed by atoms with Crippen LogP contribution in [-0.4, -0.2) is 48.2 Å². The number of nitrogens with zero attached hydrogens (tertiary/aromatic N) is 2. The predicted molar refractivity (Wildman–Crippen MR) is 103 cm³/mol. The molecule has 0 amide bonds. The summed E-state index contributed by atoms with van der Waals surface area (Å²) in [5.74, 6) is 1.55. The Hall–Kier alpha value is -1.98. The molecule has 1 N–H and O–H groups in total. The molecule has 0 aliphatic carbocycles. The highest BCUT2D eigenvalue weighted by molar-refractivity contribution is 6.05. The molecule has 1 aliphatic rings. The second-order valence-corrected chi connectivity index (χ2v) is 6.32. The lowest BCUT2D eigenvalue weighted by Gasteiger charge is -2.15. The Bertz CT molecular complexity index is 843. The molecule has 25 heavy (non-hydrogen) atoms. The van der Waals surface area contributed by atoms with Crippen molar-refractivity contribution in [1.82, 2.24) is 14.9 Å². The number of hydrogen-bond donors (Lipinski definition) is 1. The Morgan fingerprint density at radius 2 is 2.00 bits per heavy atom. The zero-order valence-corrected chi connectivity index (χ0v) is 15.3. The molecule has 1 fully saturated rings. The van der Waals surface area contributed by atoms with Crippen molar-refractivity contribution < 1.29 is 9.47 Å². The fraction of sp³-hybridized carbons (Fsp3) is 0.421. The van der Waals surface area contributed by atoms with Gasteiger partial charge < -0.3 is 19.4 Å². The third-order valence-corrected chi connectivity index (χ3v) is 4.71. The predicted octanol–water partition coefficient (Wildman–Crippen LogP) is 4.01. The van der Waals surface area contributed by atoms with Gasteiger partial charge in [0.1, 0.15) is 0 Å². The molecule has 1 aromatic carbocycles. The van der Waals surface area contributed by atoms with Crippen LogP contribution in [0.2, 0.25) is 0 Å². The lowest BCUT2D eigenvalue weighted by atomic mass is 10.2. The average Bonchev–Trinajstić information content (AvgIpc) is 3.25. The molecule has 0 saturated carbocycles. The minimum Gasteiger partial charge on any atom is -0.493 e. The Morgan fingerprint density at radius 1 is 1.16 bits per heavy atom. The molecule has 0 spiro atoms. The number of hydrogen-bond acceptors (Lipinski definition) is 4. The molecule has 0 bridgehead atoms. The van der Waals surface area contributed by atoms with Gasteiger partial charge in [-0.25, -0.2) is 0 Å². The van der Waals surface area contributed by atoms with Crippen molar-refractivity contribution in [1.29, 1.82) is 0 Å².